The first kappa shape index (κ1) is 42.5. The molecule has 8 heteroatoms. The van der Waals surface area contributed by atoms with Crippen LogP contribution in [-0.2, 0) is 0 Å². The lowest BCUT2D eigenvalue weighted by molar-refractivity contribution is 1.15. The van der Waals surface area contributed by atoms with E-state index in [0.717, 1.165) is 111 Å². The average Bonchev–Trinajstić information content (AvgIpc) is 3.96. The topological polar surface area (TPSA) is 142 Å². The molecule has 0 saturated heterocycles. The minimum Gasteiger partial charge on any atom is -0.309 e. The van der Waals surface area contributed by atoms with Crippen LogP contribution >= 0.6 is 0 Å². The van der Waals surface area contributed by atoms with E-state index in [1.54, 1.807) is 6.20 Å². The summed E-state index contributed by atoms with van der Waals surface area (Å²) in [6.45, 7) is 0. The number of fused-ring (bicyclic) bond motifs is 6. The molecule has 0 radical (unpaired) electrons. The first-order chi connectivity index (χ1) is 35.4. The molecule has 9 aromatic carbocycles. The van der Waals surface area contributed by atoms with Gasteiger partial charge >= 0.3 is 0 Å². The molecule has 0 aliphatic carbocycles. The Kier molecular flexibility index (Phi) is 10.3. The van der Waals surface area contributed by atoms with Gasteiger partial charge in [-0.15, -0.1) is 0 Å². The molecule has 0 N–H and O–H groups in total. The molecular formula is C64H34N8. The van der Waals surface area contributed by atoms with E-state index < -0.39 is 0 Å². The first-order valence-corrected chi connectivity index (χ1v) is 23.1. The summed E-state index contributed by atoms with van der Waals surface area (Å²) in [4.78, 5) is 4.68. The first-order valence-electron chi connectivity index (χ1n) is 23.1. The van der Waals surface area contributed by atoms with Gasteiger partial charge in [-0.05, 0) is 166 Å². The molecule has 0 aliphatic rings. The molecule has 72 heavy (non-hydrogen) atoms. The number of benzene rings is 9. The Hall–Kier alpha value is -10.8. The highest BCUT2D eigenvalue weighted by Crippen LogP contribution is 2.42. The molecule has 0 atom stereocenters. The highest BCUT2D eigenvalue weighted by Gasteiger charge is 2.21. The molecule has 0 fully saturated rings. The third-order valence-electron chi connectivity index (χ3n) is 13.6. The molecule has 0 aliphatic heterocycles. The molecule has 8 nitrogen and oxygen atoms in total. The van der Waals surface area contributed by atoms with Gasteiger partial charge in [-0.25, -0.2) is 0 Å². The lowest BCUT2D eigenvalue weighted by atomic mass is 9.99. The maximum absolute atomic E-state index is 10.8. The van der Waals surface area contributed by atoms with Crippen LogP contribution in [0.15, 0.2) is 207 Å². The van der Waals surface area contributed by atoms with E-state index in [1.807, 2.05) is 121 Å². The van der Waals surface area contributed by atoms with Crippen molar-refractivity contribution < 1.29 is 0 Å². The summed E-state index contributed by atoms with van der Waals surface area (Å²) in [5.74, 6) is 0. The zero-order chi connectivity index (χ0) is 48.9. The van der Waals surface area contributed by atoms with Crippen molar-refractivity contribution in [1.29, 1.82) is 26.3 Å². The minimum atomic E-state index is 0.493. The van der Waals surface area contributed by atoms with E-state index in [9.17, 15) is 26.3 Å². The molecule has 0 amide bonds. The average molecular weight is 915 g/mol. The fraction of sp³-hybridized carbons (Fsp3) is 0. The van der Waals surface area contributed by atoms with Crippen molar-refractivity contribution in [3.05, 3.63) is 234 Å². The Morgan fingerprint density at radius 3 is 1.00 bits per heavy atom. The van der Waals surface area contributed by atoms with E-state index in [1.165, 1.54) is 0 Å². The molecule has 12 rings (SSSR count). The van der Waals surface area contributed by atoms with Crippen molar-refractivity contribution in [1.82, 2.24) is 14.1 Å². The standard InChI is InChI=1S/C64H34N8/c65-34-40-1-9-44(10-2-40)48-18-23-60-55(29-48)56-30-49(45-11-3-41(35-66)4-12-45)19-24-61(56)71(60)53-22-17-52(38-69)54(33-53)59-39-70-28-27-64(59)72-62-25-20-50(46-13-5-42(36-67)6-14-46)31-57(62)58-32-51(21-26-63(58)72)47-15-7-43(37-68)8-16-47/h1-33,39H. The highest BCUT2D eigenvalue weighted by molar-refractivity contribution is 6.13. The lowest BCUT2D eigenvalue weighted by Gasteiger charge is -2.16. The number of rotatable bonds is 7. The highest BCUT2D eigenvalue weighted by atomic mass is 15.0. The van der Waals surface area contributed by atoms with Crippen molar-refractivity contribution in [2.45, 2.75) is 0 Å². The summed E-state index contributed by atoms with van der Waals surface area (Å²) >= 11 is 0. The Balaban J connectivity index is 1.06. The van der Waals surface area contributed by atoms with E-state index in [0.29, 0.717) is 27.8 Å². The van der Waals surface area contributed by atoms with Gasteiger partial charge in [0.15, 0.2) is 0 Å². The van der Waals surface area contributed by atoms with Crippen LogP contribution in [0.25, 0.3) is 111 Å². The number of hydrogen-bond donors (Lipinski definition) is 0. The number of aromatic nitrogens is 3. The van der Waals surface area contributed by atoms with E-state index in [-0.39, 0.29) is 0 Å². The fourth-order valence-corrected chi connectivity index (χ4v) is 10.0. The fourth-order valence-electron chi connectivity index (χ4n) is 10.0. The third-order valence-corrected chi connectivity index (χ3v) is 13.6. The van der Waals surface area contributed by atoms with Gasteiger partial charge in [0, 0.05) is 50.8 Å². The van der Waals surface area contributed by atoms with Crippen molar-refractivity contribution in [2.24, 2.45) is 0 Å². The Labute approximate surface area is 413 Å². The zero-order valence-electron chi connectivity index (χ0n) is 38.2. The summed E-state index contributed by atoms with van der Waals surface area (Å²) in [5, 5.41) is 53.0. The molecule has 0 unspecified atom stereocenters. The number of hydrogen-bond acceptors (Lipinski definition) is 6. The number of pyridine rings is 1. The Morgan fingerprint density at radius 2 is 0.653 bits per heavy atom. The van der Waals surface area contributed by atoms with Crippen molar-refractivity contribution in [2.75, 3.05) is 0 Å². The molecule has 12 aromatic rings. The summed E-state index contributed by atoms with van der Waals surface area (Å²) < 4.78 is 4.49. The Morgan fingerprint density at radius 1 is 0.306 bits per heavy atom. The van der Waals surface area contributed by atoms with E-state index in [4.69, 9.17) is 0 Å². The lowest BCUT2D eigenvalue weighted by Crippen LogP contribution is -2.01. The van der Waals surface area contributed by atoms with Crippen LogP contribution in [-0.4, -0.2) is 14.1 Å². The summed E-state index contributed by atoms with van der Waals surface area (Å²) in [6, 6.07) is 75.5. The molecular weight excluding hydrogens is 881 g/mol. The second-order valence-corrected chi connectivity index (χ2v) is 17.6. The van der Waals surface area contributed by atoms with Gasteiger partial charge in [0.2, 0.25) is 0 Å². The van der Waals surface area contributed by atoms with Crippen molar-refractivity contribution in [3.8, 4) is 97.4 Å². The number of nitriles is 5. The monoisotopic (exact) mass is 914 g/mol. The van der Waals surface area contributed by atoms with Crippen LogP contribution in [0.3, 0.4) is 0 Å². The van der Waals surface area contributed by atoms with Gasteiger partial charge in [-0.1, -0.05) is 72.8 Å². The molecule has 3 aromatic heterocycles. The van der Waals surface area contributed by atoms with Gasteiger partial charge in [0.05, 0.1) is 85.9 Å². The van der Waals surface area contributed by atoms with Gasteiger partial charge in [0.25, 0.3) is 0 Å². The zero-order valence-corrected chi connectivity index (χ0v) is 38.2. The second kappa shape index (κ2) is 17.4. The molecule has 0 bridgehead atoms. The van der Waals surface area contributed by atoms with Crippen molar-refractivity contribution >= 4 is 43.6 Å². The second-order valence-electron chi connectivity index (χ2n) is 17.6. The Bertz CT molecular complexity index is 4180. The molecule has 330 valence electrons. The van der Waals surface area contributed by atoms with Crippen LogP contribution < -0.4 is 0 Å². The quantitative estimate of drug-likeness (QED) is 0.156. The van der Waals surface area contributed by atoms with Gasteiger partial charge < -0.3 is 9.13 Å². The van der Waals surface area contributed by atoms with Gasteiger partial charge in [-0.3, -0.25) is 4.98 Å². The maximum Gasteiger partial charge on any atom is 0.0998 e. The van der Waals surface area contributed by atoms with Crippen LogP contribution in [0.5, 0.6) is 0 Å². The predicted octanol–water partition coefficient (Wildman–Crippen LogP) is 15.0. The maximum atomic E-state index is 10.8. The third kappa shape index (κ3) is 7.17. The van der Waals surface area contributed by atoms with Crippen molar-refractivity contribution in [3.63, 3.8) is 0 Å². The molecule has 0 saturated carbocycles. The normalized spacial score (nSPS) is 11.0. The molecule has 0 spiro atoms. The van der Waals surface area contributed by atoms with Crippen LogP contribution in [0.2, 0.25) is 0 Å². The van der Waals surface area contributed by atoms with E-state index >= 15 is 0 Å². The summed E-state index contributed by atoms with van der Waals surface area (Å²) in [6.07, 6.45) is 3.62. The predicted molar refractivity (Wildman–Crippen MR) is 284 cm³/mol. The van der Waals surface area contributed by atoms with Gasteiger partial charge in [0.1, 0.15) is 0 Å². The largest absolute Gasteiger partial charge is 0.309 e. The van der Waals surface area contributed by atoms with Crippen LogP contribution in [0.4, 0.5) is 0 Å². The van der Waals surface area contributed by atoms with Gasteiger partial charge in [-0.2, -0.15) is 26.3 Å². The smallest absolute Gasteiger partial charge is 0.0998 e. The summed E-state index contributed by atoms with van der Waals surface area (Å²) in [7, 11) is 0. The SMILES string of the molecule is N#Cc1ccc(-c2ccc3c(c2)c2cc(-c4ccc(C#N)cc4)ccc2n3-c2ccc(C#N)c(-c3cnccc3-n3c4ccc(-c5ccc(C#N)cc5)cc4c4cc(-c5ccc(C#N)cc5)ccc43)c2)cc1. The van der Waals surface area contributed by atoms with Crippen LogP contribution in [0, 0.1) is 56.7 Å². The minimum absolute atomic E-state index is 0.493. The number of nitrogens with zero attached hydrogens (tertiary/aromatic N) is 8. The molecule has 3 heterocycles. The van der Waals surface area contributed by atoms with E-state index in [2.05, 4.69) is 123 Å². The van der Waals surface area contributed by atoms with Crippen LogP contribution in [0.1, 0.15) is 27.8 Å². The summed E-state index contributed by atoms with van der Waals surface area (Å²) in [5.41, 5.74) is 17.9.